The first-order valence-corrected chi connectivity index (χ1v) is 6.00. The largest absolute Gasteiger partial charge is 0.469 e. The topological polar surface area (TPSA) is 81.9 Å². The van der Waals surface area contributed by atoms with Gasteiger partial charge in [0, 0.05) is 19.6 Å². The van der Waals surface area contributed by atoms with Gasteiger partial charge in [-0.15, -0.1) is 12.4 Å². The molecule has 1 saturated heterocycles. The monoisotopic (exact) mass is 294 g/mol. The molecule has 0 aromatic carbocycles. The third-order valence-electron chi connectivity index (χ3n) is 3.01. The van der Waals surface area contributed by atoms with Gasteiger partial charge in [0.05, 0.1) is 12.5 Å². The van der Waals surface area contributed by atoms with E-state index >= 15 is 0 Å². The molecule has 1 aliphatic rings. The minimum Gasteiger partial charge on any atom is -0.469 e. The van der Waals surface area contributed by atoms with Crippen molar-refractivity contribution in [2.45, 2.75) is 32.8 Å². The number of amides is 1. The average Bonchev–Trinajstić information content (AvgIpc) is 2.71. The predicted molar refractivity (Wildman–Crippen MR) is 73.2 cm³/mol. The van der Waals surface area contributed by atoms with Gasteiger partial charge in [-0.2, -0.15) is 0 Å². The molecule has 7 heteroatoms. The molecule has 0 saturated carbocycles. The summed E-state index contributed by atoms with van der Waals surface area (Å²) in [7, 11) is 1.33. The molecule has 1 fully saturated rings. The lowest BCUT2D eigenvalue weighted by molar-refractivity contribution is -0.151. The minimum atomic E-state index is -0.786. The molecule has 0 aromatic rings. The van der Waals surface area contributed by atoms with Crippen molar-refractivity contribution in [3.05, 3.63) is 0 Å². The van der Waals surface area contributed by atoms with Crippen molar-refractivity contribution in [2.24, 2.45) is 11.1 Å². The van der Waals surface area contributed by atoms with Gasteiger partial charge in [0.15, 0.2) is 0 Å². The molecular weight excluding hydrogens is 272 g/mol. The van der Waals surface area contributed by atoms with Crippen molar-refractivity contribution in [3.8, 4) is 0 Å². The third-order valence-corrected chi connectivity index (χ3v) is 3.01. The summed E-state index contributed by atoms with van der Waals surface area (Å²) >= 11 is 0. The lowest BCUT2D eigenvalue weighted by Crippen LogP contribution is -2.44. The quantitative estimate of drug-likeness (QED) is 0.773. The number of rotatable bonds is 2. The Labute approximate surface area is 120 Å². The summed E-state index contributed by atoms with van der Waals surface area (Å²) < 4.78 is 10.0. The predicted octanol–water partition coefficient (Wildman–Crippen LogP) is 1.17. The van der Waals surface area contributed by atoms with Crippen LogP contribution in [0.5, 0.6) is 0 Å². The van der Waals surface area contributed by atoms with E-state index in [0.717, 1.165) is 0 Å². The Morgan fingerprint density at radius 1 is 1.37 bits per heavy atom. The van der Waals surface area contributed by atoms with Crippen molar-refractivity contribution in [1.29, 1.82) is 0 Å². The van der Waals surface area contributed by atoms with E-state index in [9.17, 15) is 9.59 Å². The Bertz CT molecular complexity index is 343. The summed E-state index contributed by atoms with van der Waals surface area (Å²) in [5.41, 5.74) is 4.32. The molecule has 112 valence electrons. The first-order chi connectivity index (χ1) is 8.24. The van der Waals surface area contributed by atoms with Crippen LogP contribution in [0, 0.1) is 5.41 Å². The highest BCUT2D eigenvalue weighted by Crippen LogP contribution is 2.31. The van der Waals surface area contributed by atoms with Crippen molar-refractivity contribution < 1.29 is 19.1 Å². The molecule has 0 aromatic heterocycles. The van der Waals surface area contributed by atoms with Crippen molar-refractivity contribution in [3.63, 3.8) is 0 Å². The van der Waals surface area contributed by atoms with Gasteiger partial charge in [-0.25, -0.2) is 4.79 Å². The molecule has 2 N–H and O–H groups in total. The van der Waals surface area contributed by atoms with Gasteiger partial charge < -0.3 is 20.1 Å². The number of nitrogens with two attached hydrogens (primary N) is 1. The number of likely N-dealkylation sites (tertiary alicyclic amines) is 1. The standard InChI is InChI=1S/C12H22N2O4.ClH/c1-11(2,3)18-10(16)14-6-5-12(7-13,8-14)9(15)17-4;/h5-8,13H2,1-4H3;1H. The van der Waals surface area contributed by atoms with Crippen LogP contribution >= 0.6 is 12.4 Å². The Morgan fingerprint density at radius 2 is 1.95 bits per heavy atom. The smallest absolute Gasteiger partial charge is 0.410 e. The maximum atomic E-state index is 11.9. The number of esters is 1. The molecule has 1 amide bonds. The molecule has 1 rings (SSSR count). The molecular formula is C12H23ClN2O4. The van der Waals surface area contributed by atoms with Gasteiger partial charge in [0.2, 0.25) is 0 Å². The second-order valence-corrected chi connectivity index (χ2v) is 5.63. The van der Waals surface area contributed by atoms with Crippen molar-refractivity contribution >= 4 is 24.5 Å². The second kappa shape index (κ2) is 6.43. The summed E-state index contributed by atoms with van der Waals surface area (Å²) in [5, 5.41) is 0. The van der Waals surface area contributed by atoms with Crippen LogP contribution in [0.4, 0.5) is 4.79 Å². The zero-order valence-corrected chi connectivity index (χ0v) is 12.7. The fourth-order valence-corrected chi connectivity index (χ4v) is 1.99. The Balaban J connectivity index is 0.00000324. The number of ether oxygens (including phenoxy) is 2. The summed E-state index contributed by atoms with van der Waals surface area (Å²) in [6, 6.07) is 0. The lowest BCUT2D eigenvalue weighted by Gasteiger charge is -2.27. The molecule has 1 atom stereocenters. The van der Waals surface area contributed by atoms with E-state index < -0.39 is 17.1 Å². The molecule has 6 nitrogen and oxygen atoms in total. The first-order valence-electron chi connectivity index (χ1n) is 6.00. The molecule has 19 heavy (non-hydrogen) atoms. The highest BCUT2D eigenvalue weighted by atomic mass is 35.5. The molecule has 0 radical (unpaired) electrons. The molecule has 0 aliphatic carbocycles. The van der Waals surface area contributed by atoms with Crippen LogP contribution in [-0.4, -0.2) is 49.3 Å². The number of hydrogen-bond donors (Lipinski definition) is 1. The molecule has 1 heterocycles. The summed E-state index contributed by atoms with van der Waals surface area (Å²) in [5.74, 6) is -0.365. The Morgan fingerprint density at radius 3 is 2.37 bits per heavy atom. The fourth-order valence-electron chi connectivity index (χ4n) is 1.99. The van der Waals surface area contributed by atoms with Crippen LogP contribution in [0.1, 0.15) is 27.2 Å². The number of carbonyl (C=O) groups excluding carboxylic acids is 2. The summed E-state index contributed by atoms with van der Waals surface area (Å²) in [4.78, 5) is 25.1. The van der Waals surface area contributed by atoms with E-state index in [4.69, 9.17) is 15.2 Å². The maximum absolute atomic E-state index is 11.9. The van der Waals surface area contributed by atoms with Gasteiger partial charge in [-0.05, 0) is 27.2 Å². The maximum Gasteiger partial charge on any atom is 0.410 e. The van der Waals surface area contributed by atoms with Gasteiger partial charge in [0.1, 0.15) is 5.60 Å². The normalized spacial score (nSPS) is 22.7. The summed E-state index contributed by atoms with van der Waals surface area (Å²) in [6.45, 7) is 6.29. The van der Waals surface area contributed by atoms with Gasteiger partial charge >= 0.3 is 12.1 Å². The third kappa shape index (κ3) is 4.24. The van der Waals surface area contributed by atoms with Crippen LogP contribution < -0.4 is 5.73 Å². The van der Waals surface area contributed by atoms with E-state index in [0.29, 0.717) is 13.0 Å². The van der Waals surface area contributed by atoms with E-state index in [2.05, 4.69) is 0 Å². The number of carbonyl (C=O) groups is 2. The van der Waals surface area contributed by atoms with Gasteiger partial charge in [0.25, 0.3) is 0 Å². The van der Waals surface area contributed by atoms with Crippen molar-refractivity contribution in [2.75, 3.05) is 26.7 Å². The van der Waals surface area contributed by atoms with Crippen LogP contribution in [-0.2, 0) is 14.3 Å². The molecule has 1 unspecified atom stereocenters. The summed E-state index contributed by atoms with van der Waals surface area (Å²) in [6.07, 6.45) is 0.0943. The molecule has 0 spiro atoms. The van der Waals surface area contributed by atoms with E-state index in [-0.39, 0.29) is 31.5 Å². The molecule has 0 bridgehead atoms. The van der Waals surface area contributed by atoms with Crippen LogP contribution in [0.2, 0.25) is 0 Å². The number of methoxy groups -OCH3 is 1. The first kappa shape index (κ1) is 18.0. The van der Waals surface area contributed by atoms with Crippen molar-refractivity contribution in [1.82, 2.24) is 4.90 Å². The highest BCUT2D eigenvalue weighted by Gasteiger charge is 2.46. The second-order valence-electron chi connectivity index (χ2n) is 5.63. The number of halogens is 1. The van der Waals surface area contributed by atoms with Gasteiger partial charge in [-0.3, -0.25) is 4.79 Å². The highest BCUT2D eigenvalue weighted by molar-refractivity contribution is 5.85. The Hall–Kier alpha value is -1.01. The fraction of sp³-hybridized carbons (Fsp3) is 0.833. The average molecular weight is 295 g/mol. The Kier molecular flexibility index (Phi) is 6.09. The van der Waals surface area contributed by atoms with E-state index in [1.807, 2.05) is 0 Å². The number of nitrogens with zero attached hydrogens (tertiary/aromatic N) is 1. The lowest BCUT2D eigenvalue weighted by atomic mass is 9.87. The minimum absolute atomic E-state index is 0. The van der Waals surface area contributed by atoms with E-state index in [1.54, 1.807) is 20.8 Å². The SMILES string of the molecule is COC(=O)C1(CN)CCN(C(=O)OC(C)(C)C)C1.Cl. The van der Waals surface area contributed by atoms with Crippen LogP contribution in [0.25, 0.3) is 0 Å². The van der Waals surface area contributed by atoms with Gasteiger partial charge in [-0.1, -0.05) is 0 Å². The van der Waals surface area contributed by atoms with E-state index in [1.165, 1.54) is 12.0 Å². The van der Waals surface area contributed by atoms with Crippen LogP contribution in [0.15, 0.2) is 0 Å². The zero-order chi connectivity index (χ0) is 14.0. The number of hydrogen-bond acceptors (Lipinski definition) is 5. The van der Waals surface area contributed by atoms with Crippen LogP contribution in [0.3, 0.4) is 0 Å². The zero-order valence-electron chi connectivity index (χ0n) is 11.9. The molecule has 1 aliphatic heterocycles.